The molecule has 0 fully saturated rings. The number of halogens is 1. The van der Waals surface area contributed by atoms with Crippen LogP contribution in [-0.4, -0.2) is 5.11 Å². The number of aromatic hydroxyl groups is 1. The lowest BCUT2D eigenvalue weighted by Crippen LogP contribution is -2.00. The van der Waals surface area contributed by atoms with Crippen molar-refractivity contribution >= 4 is 11.4 Å². The number of para-hydroxylation sites is 2. The summed E-state index contributed by atoms with van der Waals surface area (Å²) in [5.74, 6) is -0.229. The Morgan fingerprint density at radius 1 is 1.11 bits per heavy atom. The molecule has 0 saturated carbocycles. The summed E-state index contributed by atoms with van der Waals surface area (Å²) < 4.78 is 13.6. The van der Waals surface area contributed by atoms with Gasteiger partial charge >= 0.3 is 0 Å². The van der Waals surface area contributed by atoms with Crippen LogP contribution in [-0.2, 0) is 0 Å². The van der Waals surface area contributed by atoms with Gasteiger partial charge in [-0.2, -0.15) is 0 Å². The second kappa shape index (κ2) is 5.87. The summed E-state index contributed by atoms with van der Waals surface area (Å²) in [5, 5.41) is 12.8. The molecule has 0 bridgehead atoms. The van der Waals surface area contributed by atoms with Crippen molar-refractivity contribution in [1.29, 1.82) is 0 Å². The maximum absolute atomic E-state index is 13.6. The number of phenolic OH excluding ortho intramolecular Hbond substituents is 1. The van der Waals surface area contributed by atoms with Crippen LogP contribution >= 0.6 is 0 Å². The Bertz CT molecular complexity index is 620. The minimum atomic E-state index is -0.354. The van der Waals surface area contributed by atoms with Gasteiger partial charge in [-0.25, -0.2) is 4.39 Å². The number of hydrogen-bond acceptors (Lipinski definition) is 2. The fourth-order valence-electron chi connectivity index (χ4n) is 1.73. The first-order chi connectivity index (χ1) is 9.22. The summed E-state index contributed by atoms with van der Waals surface area (Å²) in [6, 6.07) is 13.2. The zero-order valence-electron chi connectivity index (χ0n) is 10.3. The van der Waals surface area contributed by atoms with Crippen LogP contribution in [0.5, 0.6) is 5.75 Å². The molecular weight excluding hydrogens is 241 g/mol. The summed E-state index contributed by atoms with van der Waals surface area (Å²) in [6.45, 7) is 3.63. The van der Waals surface area contributed by atoms with E-state index in [0.717, 1.165) is 0 Å². The minimum Gasteiger partial charge on any atom is -0.507 e. The van der Waals surface area contributed by atoms with Gasteiger partial charge in [-0.1, -0.05) is 36.9 Å². The zero-order valence-corrected chi connectivity index (χ0v) is 10.3. The largest absolute Gasteiger partial charge is 0.507 e. The fraction of sp³-hybridized carbons (Fsp3) is 0. The van der Waals surface area contributed by atoms with Crippen molar-refractivity contribution in [3.63, 3.8) is 0 Å². The standard InChI is InChI=1S/C16H14FNO/c1-2-7-14(12-8-3-6-11-16(12)19)18-15-10-5-4-9-13(15)17/h2-11,18-19H,1H2/b14-7-. The third kappa shape index (κ3) is 3.01. The zero-order chi connectivity index (χ0) is 13.7. The van der Waals surface area contributed by atoms with Crippen LogP contribution in [0, 0.1) is 5.82 Å². The van der Waals surface area contributed by atoms with Gasteiger partial charge in [-0.3, -0.25) is 0 Å². The predicted molar refractivity (Wildman–Crippen MR) is 76.3 cm³/mol. The van der Waals surface area contributed by atoms with Crippen LogP contribution in [0.2, 0.25) is 0 Å². The lowest BCUT2D eigenvalue weighted by atomic mass is 10.1. The summed E-state index contributed by atoms with van der Waals surface area (Å²) in [4.78, 5) is 0. The maximum Gasteiger partial charge on any atom is 0.146 e. The van der Waals surface area contributed by atoms with Gasteiger partial charge in [0.1, 0.15) is 11.6 Å². The summed E-state index contributed by atoms with van der Waals surface area (Å²) in [5.41, 5.74) is 1.52. The quantitative estimate of drug-likeness (QED) is 0.804. The van der Waals surface area contributed by atoms with E-state index in [2.05, 4.69) is 11.9 Å². The SMILES string of the molecule is C=C/C=C(\Nc1ccccc1F)c1ccccc1O. The van der Waals surface area contributed by atoms with Crippen molar-refractivity contribution in [1.82, 2.24) is 0 Å². The van der Waals surface area contributed by atoms with Gasteiger partial charge in [0.2, 0.25) is 0 Å². The monoisotopic (exact) mass is 255 g/mol. The van der Waals surface area contributed by atoms with E-state index in [0.29, 0.717) is 16.9 Å². The molecule has 0 aliphatic heterocycles. The number of anilines is 1. The molecule has 2 N–H and O–H groups in total. The first kappa shape index (κ1) is 12.9. The second-order valence-electron chi connectivity index (χ2n) is 3.94. The lowest BCUT2D eigenvalue weighted by molar-refractivity contribution is 0.473. The van der Waals surface area contributed by atoms with Crippen LogP contribution in [0.1, 0.15) is 5.56 Å². The normalized spacial score (nSPS) is 11.1. The van der Waals surface area contributed by atoms with E-state index in [9.17, 15) is 9.50 Å². The fourth-order valence-corrected chi connectivity index (χ4v) is 1.73. The van der Waals surface area contributed by atoms with Gasteiger partial charge in [-0.15, -0.1) is 0 Å². The highest BCUT2D eigenvalue weighted by molar-refractivity contribution is 5.80. The van der Waals surface area contributed by atoms with E-state index in [1.54, 1.807) is 54.6 Å². The van der Waals surface area contributed by atoms with E-state index in [1.165, 1.54) is 6.07 Å². The van der Waals surface area contributed by atoms with E-state index in [-0.39, 0.29) is 11.6 Å². The molecule has 96 valence electrons. The van der Waals surface area contributed by atoms with Crippen molar-refractivity contribution in [3.8, 4) is 5.75 Å². The number of benzene rings is 2. The minimum absolute atomic E-state index is 0.124. The van der Waals surface area contributed by atoms with E-state index in [1.807, 2.05) is 0 Å². The number of allylic oxidation sites excluding steroid dienone is 2. The molecule has 0 spiro atoms. The number of rotatable bonds is 4. The van der Waals surface area contributed by atoms with Crippen LogP contribution in [0.4, 0.5) is 10.1 Å². The van der Waals surface area contributed by atoms with Crippen LogP contribution in [0.25, 0.3) is 5.70 Å². The molecule has 0 saturated heterocycles. The van der Waals surface area contributed by atoms with E-state index >= 15 is 0 Å². The first-order valence-corrected chi connectivity index (χ1v) is 5.85. The Balaban J connectivity index is 2.38. The van der Waals surface area contributed by atoms with Gasteiger partial charge in [-0.05, 0) is 30.3 Å². The molecular formula is C16H14FNO. The molecule has 2 nitrogen and oxygen atoms in total. The Labute approximate surface area is 111 Å². The van der Waals surface area contributed by atoms with Gasteiger partial charge in [0.05, 0.1) is 5.69 Å². The highest BCUT2D eigenvalue weighted by Gasteiger charge is 2.08. The van der Waals surface area contributed by atoms with Crippen molar-refractivity contribution < 1.29 is 9.50 Å². The summed E-state index contributed by atoms with van der Waals surface area (Å²) >= 11 is 0. The number of nitrogens with one attached hydrogen (secondary N) is 1. The van der Waals surface area contributed by atoms with Gasteiger partial charge in [0.25, 0.3) is 0 Å². The average molecular weight is 255 g/mol. The Kier molecular flexibility index (Phi) is 3.98. The third-order valence-electron chi connectivity index (χ3n) is 2.62. The highest BCUT2D eigenvalue weighted by atomic mass is 19.1. The topological polar surface area (TPSA) is 32.3 Å². The molecule has 2 aromatic carbocycles. The molecule has 2 rings (SSSR count). The molecule has 0 aromatic heterocycles. The van der Waals surface area contributed by atoms with Gasteiger partial charge < -0.3 is 10.4 Å². The predicted octanol–water partition coefficient (Wildman–Crippen LogP) is 4.17. The molecule has 0 amide bonds. The average Bonchev–Trinajstić information content (AvgIpc) is 2.41. The van der Waals surface area contributed by atoms with Crippen molar-refractivity contribution in [2.75, 3.05) is 5.32 Å². The van der Waals surface area contributed by atoms with Crippen LogP contribution < -0.4 is 5.32 Å². The molecule has 0 aliphatic rings. The first-order valence-electron chi connectivity index (χ1n) is 5.85. The highest BCUT2D eigenvalue weighted by Crippen LogP contribution is 2.27. The Morgan fingerprint density at radius 2 is 1.79 bits per heavy atom. The summed E-state index contributed by atoms with van der Waals surface area (Å²) in [6.07, 6.45) is 3.26. The summed E-state index contributed by atoms with van der Waals surface area (Å²) in [7, 11) is 0. The molecule has 0 aliphatic carbocycles. The maximum atomic E-state index is 13.6. The van der Waals surface area contributed by atoms with Crippen molar-refractivity contribution in [2.45, 2.75) is 0 Å². The van der Waals surface area contributed by atoms with Gasteiger partial charge in [0, 0.05) is 11.3 Å². The molecule has 0 unspecified atom stereocenters. The third-order valence-corrected chi connectivity index (χ3v) is 2.62. The number of hydrogen-bond donors (Lipinski definition) is 2. The van der Waals surface area contributed by atoms with E-state index in [4.69, 9.17) is 0 Å². The molecule has 19 heavy (non-hydrogen) atoms. The Hall–Kier alpha value is -2.55. The molecule has 2 aromatic rings. The smallest absolute Gasteiger partial charge is 0.146 e. The number of phenols is 1. The molecule has 0 radical (unpaired) electrons. The molecule has 0 heterocycles. The lowest BCUT2D eigenvalue weighted by Gasteiger charge is -2.13. The molecule has 0 atom stereocenters. The van der Waals surface area contributed by atoms with Crippen molar-refractivity contribution in [3.05, 3.63) is 78.6 Å². The second-order valence-corrected chi connectivity index (χ2v) is 3.94. The van der Waals surface area contributed by atoms with Crippen LogP contribution in [0.15, 0.2) is 67.3 Å². The van der Waals surface area contributed by atoms with E-state index < -0.39 is 0 Å². The Morgan fingerprint density at radius 3 is 2.47 bits per heavy atom. The molecule has 3 heteroatoms. The van der Waals surface area contributed by atoms with Gasteiger partial charge in [0.15, 0.2) is 0 Å². The van der Waals surface area contributed by atoms with Crippen molar-refractivity contribution in [2.24, 2.45) is 0 Å². The van der Waals surface area contributed by atoms with Crippen LogP contribution in [0.3, 0.4) is 0 Å².